The van der Waals surface area contributed by atoms with Gasteiger partial charge in [-0.15, -0.1) is 0 Å². The molecule has 2 heterocycles. The van der Waals surface area contributed by atoms with E-state index in [0.717, 1.165) is 0 Å². The number of halogens is 1. The van der Waals surface area contributed by atoms with Gasteiger partial charge >= 0.3 is 6.09 Å². The first kappa shape index (κ1) is 24.7. The Bertz CT molecular complexity index is 1370. The molecule has 184 valence electrons. The zero-order chi connectivity index (χ0) is 25.2. The van der Waals surface area contributed by atoms with E-state index in [1.807, 2.05) is 0 Å². The number of carboxylic acid groups (broad SMARTS) is 1. The van der Waals surface area contributed by atoms with Crippen molar-refractivity contribution in [1.29, 1.82) is 0 Å². The Kier molecular flexibility index (Phi) is 7.10. The molecular weight excluding hydrogens is 494 g/mol. The molecule has 1 aliphatic heterocycles. The molecule has 0 atom stereocenters. The molecule has 10 nitrogen and oxygen atoms in total. The van der Waals surface area contributed by atoms with E-state index >= 15 is 0 Å². The first-order valence-electron chi connectivity index (χ1n) is 10.8. The predicted octanol–water partition coefficient (Wildman–Crippen LogP) is 3.35. The van der Waals surface area contributed by atoms with Crippen LogP contribution in [-0.4, -0.2) is 53.3 Å². The van der Waals surface area contributed by atoms with Crippen molar-refractivity contribution in [2.75, 3.05) is 18.4 Å². The van der Waals surface area contributed by atoms with Gasteiger partial charge < -0.3 is 15.3 Å². The second-order valence-corrected chi connectivity index (χ2v) is 10.2. The number of aromatic nitrogens is 2. The normalized spacial score (nSPS) is 14.6. The van der Waals surface area contributed by atoms with Crippen LogP contribution in [0, 0.1) is 0 Å². The van der Waals surface area contributed by atoms with Crippen LogP contribution in [0.5, 0.6) is 0 Å². The zero-order valence-corrected chi connectivity index (χ0v) is 20.2. The Morgan fingerprint density at radius 3 is 2.54 bits per heavy atom. The van der Waals surface area contributed by atoms with Gasteiger partial charge in [0.1, 0.15) is 0 Å². The van der Waals surface area contributed by atoms with Gasteiger partial charge in [-0.3, -0.25) is 9.48 Å². The average molecular weight is 518 g/mol. The van der Waals surface area contributed by atoms with E-state index in [1.54, 1.807) is 53.5 Å². The molecule has 1 saturated heterocycles. The number of carbonyl (C=O) groups excluding carboxylic acids is 1. The van der Waals surface area contributed by atoms with Gasteiger partial charge in [0.15, 0.2) is 0 Å². The molecule has 0 radical (unpaired) electrons. The van der Waals surface area contributed by atoms with Crippen molar-refractivity contribution < 1.29 is 23.1 Å². The summed E-state index contributed by atoms with van der Waals surface area (Å²) < 4.78 is 26.5. The fraction of sp³-hybridized carbons (Fsp3) is 0.261. The fourth-order valence-electron chi connectivity index (χ4n) is 4.09. The summed E-state index contributed by atoms with van der Waals surface area (Å²) in [7, 11) is -4.12. The molecule has 1 aliphatic rings. The summed E-state index contributed by atoms with van der Waals surface area (Å²) >= 11 is 6.11. The lowest BCUT2D eigenvalue weighted by Crippen LogP contribution is -2.38. The maximum absolute atomic E-state index is 12.5. The van der Waals surface area contributed by atoms with Gasteiger partial charge in [-0.25, -0.2) is 18.4 Å². The van der Waals surface area contributed by atoms with Crippen LogP contribution in [0.2, 0.25) is 5.02 Å². The Morgan fingerprint density at radius 2 is 1.89 bits per heavy atom. The number of carbonyl (C=O) groups is 2. The Hall–Kier alpha value is -3.41. The number of hydrogen-bond donors (Lipinski definition) is 3. The molecule has 0 unspecified atom stereocenters. The molecule has 35 heavy (non-hydrogen) atoms. The minimum atomic E-state index is -4.12. The molecule has 2 aromatic carbocycles. The second kappa shape index (κ2) is 10.1. The largest absolute Gasteiger partial charge is 0.465 e. The van der Waals surface area contributed by atoms with E-state index in [4.69, 9.17) is 21.8 Å². The highest BCUT2D eigenvalue weighted by molar-refractivity contribution is 7.89. The minimum absolute atomic E-state index is 0.000607. The van der Waals surface area contributed by atoms with Gasteiger partial charge in [-0.2, -0.15) is 5.10 Å². The summed E-state index contributed by atoms with van der Waals surface area (Å²) in [6, 6.07) is 11.5. The van der Waals surface area contributed by atoms with E-state index in [-0.39, 0.29) is 29.0 Å². The lowest BCUT2D eigenvalue weighted by atomic mass is 10.1. The van der Waals surface area contributed by atoms with E-state index in [0.29, 0.717) is 47.6 Å². The Morgan fingerprint density at radius 1 is 1.17 bits per heavy atom. The first-order valence-corrected chi connectivity index (χ1v) is 12.8. The molecule has 4 N–H and O–H groups in total. The standard InChI is InChI=1S/C23H24ClN5O5S/c24-20-4-2-1-3-15(20)11-22(30)27-17-5-6-19(21(12-17)35(25,33)34)16-13-26-29(14-16)18-7-9-28(10-8-18)23(31)32/h1-6,12-14,18H,7-11H2,(H,27,30)(H,31,32)(H2,25,33,34). The van der Waals surface area contributed by atoms with Crippen molar-refractivity contribution in [2.45, 2.75) is 30.2 Å². The topological polar surface area (TPSA) is 148 Å². The highest BCUT2D eigenvalue weighted by atomic mass is 35.5. The molecule has 4 rings (SSSR count). The van der Waals surface area contributed by atoms with Crippen LogP contribution in [0.1, 0.15) is 24.4 Å². The van der Waals surface area contributed by atoms with Gasteiger partial charge in [-0.05, 0) is 36.6 Å². The van der Waals surface area contributed by atoms with Crippen molar-refractivity contribution in [3.63, 3.8) is 0 Å². The van der Waals surface area contributed by atoms with Crippen LogP contribution in [-0.2, 0) is 21.2 Å². The molecule has 12 heteroatoms. The average Bonchev–Trinajstić information content (AvgIpc) is 3.30. The minimum Gasteiger partial charge on any atom is -0.465 e. The summed E-state index contributed by atoms with van der Waals surface area (Å²) in [5, 5.41) is 22.1. The lowest BCUT2D eigenvalue weighted by Gasteiger charge is -2.30. The monoisotopic (exact) mass is 517 g/mol. The van der Waals surface area contributed by atoms with Crippen molar-refractivity contribution in [3.05, 3.63) is 65.4 Å². The molecule has 1 aromatic heterocycles. The van der Waals surface area contributed by atoms with Crippen LogP contribution in [0.3, 0.4) is 0 Å². The Labute approximate surface area is 207 Å². The number of piperidine rings is 1. The molecule has 0 spiro atoms. The van der Waals surface area contributed by atoms with Crippen molar-refractivity contribution in [1.82, 2.24) is 14.7 Å². The molecule has 3 aromatic rings. The third-order valence-corrected chi connectivity index (χ3v) is 7.22. The van der Waals surface area contributed by atoms with E-state index in [1.165, 1.54) is 11.0 Å². The molecule has 0 bridgehead atoms. The van der Waals surface area contributed by atoms with Gasteiger partial charge in [0, 0.05) is 41.1 Å². The third kappa shape index (κ3) is 5.81. The highest BCUT2D eigenvalue weighted by Crippen LogP contribution is 2.31. The number of anilines is 1. The van der Waals surface area contributed by atoms with Crippen LogP contribution in [0.15, 0.2) is 59.8 Å². The van der Waals surface area contributed by atoms with Crippen molar-refractivity contribution in [2.24, 2.45) is 5.14 Å². The first-order chi connectivity index (χ1) is 16.6. The fourth-order valence-corrected chi connectivity index (χ4v) is 5.08. The van der Waals surface area contributed by atoms with E-state index in [2.05, 4.69) is 10.4 Å². The smallest absolute Gasteiger partial charge is 0.407 e. The summed E-state index contributed by atoms with van der Waals surface area (Å²) in [5.74, 6) is -0.355. The number of sulfonamides is 1. The van der Waals surface area contributed by atoms with Crippen molar-refractivity contribution >= 4 is 39.3 Å². The molecular formula is C23H24ClN5O5S. The molecule has 2 amide bonds. The summed E-state index contributed by atoms with van der Waals surface area (Å²) in [6.45, 7) is 0.806. The number of nitrogens with two attached hydrogens (primary N) is 1. The molecule has 0 saturated carbocycles. The number of likely N-dealkylation sites (tertiary alicyclic amines) is 1. The summed E-state index contributed by atoms with van der Waals surface area (Å²) in [4.78, 5) is 24.8. The highest BCUT2D eigenvalue weighted by Gasteiger charge is 2.25. The lowest BCUT2D eigenvalue weighted by molar-refractivity contribution is -0.115. The van der Waals surface area contributed by atoms with Crippen LogP contribution < -0.4 is 10.5 Å². The maximum atomic E-state index is 12.5. The number of amides is 2. The predicted molar refractivity (Wildman–Crippen MR) is 131 cm³/mol. The van der Waals surface area contributed by atoms with Gasteiger partial charge in [0.05, 0.1) is 23.6 Å². The van der Waals surface area contributed by atoms with E-state index in [9.17, 15) is 18.0 Å². The van der Waals surface area contributed by atoms with Gasteiger partial charge in [-0.1, -0.05) is 35.9 Å². The van der Waals surface area contributed by atoms with Gasteiger partial charge in [0.25, 0.3) is 0 Å². The quantitative estimate of drug-likeness (QED) is 0.456. The SMILES string of the molecule is NS(=O)(=O)c1cc(NC(=O)Cc2ccccc2Cl)ccc1-c1cnn(C2CCN(C(=O)O)CC2)c1. The Balaban J connectivity index is 1.54. The maximum Gasteiger partial charge on any atom is 0.407 e. The van der Waals surface area contributed by atoms with Crippen LogP contribution >= 0.6 is 11.6 Å². The molecule has 0 aliphatic carbocycles. The summed E-state index contributed by atoms with van der Waals surface area (Å²) in [5.41, 5.74) is 1.83. The van der Waals surface area contributed by atoms with Crippen LogP contribution in [0.4, 0.5) is 10.5 Å². The number of primary sulfonamides is 1. The number of hydrogen-bond acceptors (Lipinski definition) is 5. The third-order valence-electron chi connectivity index (χ3n) is 5.90. The number of rotatable bonds is 6. The summed E-state index contributed by atoms with van der Waals surface area (Å²) in [6.07, 6.45) is 3.56. The van der Waals surface area contributed by atoms with Gasteiger partial charge in [0.2, 0.25) is 15.9 Å². The van der Waals surface area contributed by atoms with E-state index < -0.39 is 16.1 Å². The van der Waals surface area contributed by atoms with Crippen LogP contribution in [0.25, 0.3) is 11.1 Å². The molecule has 1 fully saturated rings. The zero-order valence-electron chi connectivity index (χ0n) is 18.6. The second-order valence-electron chi connectivity index (χ2n) is 8.28. The van der Waals surface area contributed by atoms with Crippen molar-refractivity contribution in [3.8, 4) is 11.1 Å². The number of benzene rings is 2. The number of nitrogens with zero attached hydrogens (tertiary/aromatic N) is 3. The number of nitrogens with one attached hydrogen (secondary N) is 1.